The summed E-state index contributed by atoms with van der Waals surface area (Å²) in [5.41, 5.74) is 2.61. The van der Waals surface area contributed by atoms with Gasteiger partial charge in [-0.3, -0.25) is 4.90 Å². The first-order chi connectivity index (χ1) is 11.1. The largest absolute Gasteiger partial charge is 0.357 e. The van der Waals surface area contributed by atoms with Crippen LogP contribution in [0.1, 0.15) is 45.7 Å². The highest BCUT2D eigenvalue weighted by molar-refractivity contribution is 5.79. The molecule has 0 radical (unpaired) electrons. The third-order valence-electron chi connectivity index (χ3n) is 3.77. The van der Waals surface area contributed by atoms with Crippen molar-refractivity contribution in [3.05, 3.63) is 35.4 Å². The zero-order valence-corrected chi connectivity index (χ0v) is 15.5. The summed E-state index contributed by atoms with van der Waals surface area (Å²) in [5.74, 6) is 1.51. The average molecular weight is 319 g/mol. The Hall–Kier alpha value is -1.55. The van der Waals surface area contributed by atoms with Crippen LogP contribution in [0.5, 0.6) is 0 Å². The summed E-state index contributed by atoms with van der Waals surface area (Å²) in [6.07, 6.45) is 0. The van der Waals surface area contributed by atoms with Gasteiger partial charge in [-0.1, -0.05) is 52.0 Å². The number of hydrogen-bond acceptors (Lipinski definition) is 2. The smallest absolute Gasteiger partial charge is 0.191 e. The summed E-state index contributed by atoms with van der Waals surface area (Å²) < 4.78 is 0. The van der Waals surface area contributed by atoms with Crippen molar-refractivity contribution in [3.63, 3.8) is 0 Å². The minimum Gasteiger partial charge on any atom is -0.357 e. The van der Waals surface area contributed by atoms with Gasteiger partial charge in [0, 0.05) is 19.6 Å². The highest BCUT2D eigenvalue weighted by atomic mass is 15.2. The molecule has 0 aliphatic carbocycles. The maximum atomic E-state index is 4.66. The van der Waals surface area contributed by atoms with Gasteiger partial charge in [0.05, 0.1) is 6.54 Å². The van der Waals surface area contributed by atoms with E-state index in [2.05, 4.69) is 79.4 Å². The highest BCUT2D eigenvalue weighted by Crippen LogP contribution is 2.08. The zero-order chi connectivity index (χ0) is 17.1. The van der Waals surface area contributed by atoms with Crippen LogP contribution in [0.4, 0.5) is 0 Å². The lowest BCUT2D eigenvalue weighted by atomic mass is 10.1. The molecule has 1 aromatic rings. The van der Waals surface area contributed by atoms with Crippen molar-refractivity contribution in [2.24, 2.45) is 10.9 Å². The Morgan fingerprint density at radius 1 is 1.00 bits per heavy atom. The van der Waals surface area contributed by atoms with Crippen LogP contribution in [0, 0.1) is 5.92 Å². The highest BCUT2D eigenvalue weighted by Gasteiger charge is 2.02. The molecular weight excluding hydrogens is 284 g/mol. The molecule has 1 aromatic carbocycles. The Morgan fingerprint density at radius 2 is 1.61 bits per heavy atom. The maximum Gasteiger partial charge on any atom is 0.191 e. The second kappa shape index (κ2) is 11.1. The van der Waals surface area contributed by atoms with E-state index in [-0.39, 0.29) is 0 Å². The third-order valence-corrected chi connectivity index (χ3v) is 3.77. The molecule has 0 spiro atoms. The lowest BCUT2D eigenvalue weighted by molar-refractivity contribution is 0.296. The van der Waals surface area contributed by atoms with Crippen molar-refractivity contribution in [1.29, 1.82) is 0 Å². The quantitative estimate of drug-likeness (QED) is 0.542. The topological polar surface area (TPSA) is 39.7 Å². The number of nitrogens with zero attached hydrogens (tertiary/aromatic N) is 2. The molecule has 0 unspecified atom stereocenters. The van der Waals surface area contributed by atoms with E-state index in [1.807, 2.05) is 0 Å². The summed E-state index contributed by atoms with van der Waals surface area (Å²) in [6, 6.07) is 8.82. The third kappa shape index (κ3) is 8.03. The molecule has 4 heteroatoms. The number of hydrogen-bond donors (Lipinski definition) is 2. The predicted octanol–water partition coefficient (Wildman–Crippen LogP) is 3.24. The minimum atomic E-state index is 0.609. The summed E-state index contributed by atoms with van der Waals surface area (Å²) in [5, 5.41) is 6.67. The van der Waals surface area contributed by atoms with Gasteiger partial charge in [-0.2, -0.15) is 0 Å². The molecular formula is C19H34N4. The van der Waals surface area contributed by atoms with Gasteiger partial charge >= 0.3 is 0 Å². The molecule has 2 N–H and O–H groups in total. The van der Waals surface area contributed by atoms with E-state index in [1.165, 1.54) is 11.1 Å². The number of benzene rings is 1. The second-order valence-electron chi connectivity index (χ2n) is 6.25. The molecule has 1 rings (SSSR count). The Kier molecular flexibility index (Phi) is 9.37. The Balaban J connectivity index is 2.59. The fourth-order valence-corrected chi connectivity index (χ4v) is 2.27. The molecule has 0 fully saturated rings. The molecule has 130 valence electrons. The van der Waals surface area contributed by atoms with E-state index in [1.54, 1.807) is 0 Å². The second-order valence-corrected chi connectivity index (χ2v) is 6.25. The standard InChI is InChI=1S/C19H34N4/c1-6-20-19(21-13-16(4)5)22-14-17-9-11-18(12-10-17)15-23(7-2)8-3/h9-12,16H,6-8,13-15H2,1-5H3,(H2,20,21,22). The first-order valence-electron chi connectivity index (χ1n) is 8.91. The molecule has 23 heavy (non-hydrogen) atoms. The summed E-state index contributed by atoms with van der Waals surface area (Å²) >= 11 is 0. The van der Waals surface area contributed by atoms with Crippen molar-refractivity contribution < 1.29 is 0 Å². The molecule has 0 atom stereocenters. The van der Waals surface area contributed by atoms with E-state index in [4.69, 9.17) is 0 Å². The van der Waals surface area contributed by atoms with Crippen molar-refractivity contribution in [1.82, 2.24) is 15.5 Å². The molecule has 0 amide bonds. The first kappa shape index (κ1) is 19.5. The number of aliphatic imine (C=N–C) groups is 1. The SMILES string of the molecule is CCNC(=NCc1ccc(CN(CC)CC)cc1)NCC(C)C. The van der Waals surface area contributed by atoms with Gasteiger partial charge in [0.25, 0.3) is 0 Å². The van der Waals surface area contributed by atoms with E-state index >= 15 is 0 Å². The van der Waals surface area contributed by atoms with Crippen LogP contribution in [0.3, 0.4) is 0 Å². The Labute approximate surface area is 142 Å². The monoisotopic (exact) mass is 318 g/mol. The Morgan fingerprint density at radius 3 is 2.13 bits per heavy atom. The molecule has 0 aromatic heterocycles. The molecule has 0 bridgehead atoms. The van der Waals surface area contributed by atoms with Crippen LogP contribution < -0.4 is 10.6 Å². The molecule has 0 saturated carbocycles. The summed E-state index contributed by atoms with van der Waals surface area (Å²) in [4.78, 5) is 7.09. The number of guanidine groups is 1. The van der Waals surface area contributed by atoms with Gasteiger partial charge in [-0.25, -0.2) is 4.99 Å². The molecule has 4 nitrogen and oxygen atoms in total. The zero-order valence-electron chi connectivity index (χ0n) is 15.5. The van der Waals surface area contributed by atoms with Gasteiger partial charge in [0.2, 0.25) is 0 Å². The van der Waals surface area contributed by atoms with Crippen LogP contribution in [0.25, 0.3) is 0 Å². The minimum absolute atomic E-state index is 0.609. The van der Waals surface area contributed by atoms with E-state index in [9.17, 15) is 0 Å². The van der Waals surface area contributed by atoms with E-state index in [0.717, 1.165) is 38.7 Å². The van der Waals surface area contributed by atoms with Crippen molar-refractivity contribution in [3.8, 4) is 0 Å². The fourth-order valence-electron chi connectivity index (χ4n) is 2.27. The number of nitrogens with one attached hydrogen (secondary N) is 2. The van der Waals surface area contributed by atoms with Crippen LogP contribution in [0.2, 0.25) is 0 Å². The lowest BCUT2D eigenvalue weighted by Crippen LogP contribution is -2.39. The van der Waals surface area contributed by atoms with Gasteiger partial charge in [-0.15, -0.1) is 0 Å². The molecule has 0 aliphatic rings. The van der Waals surface area contributed by atoms with Crippen LogP contribution in [0.15, 0.2) is 29.3 Å². The van der Waals surface area contributed by atoms with Gasteiger partial charge < -0.3 is 10.6 Å². The van der Waals surface area contributed by atoms with E-state index < -0.39 is 0 Å². The lowest BCUT2D eigenvalue weighted by Gasteiger charge is -2.18. The molecule has 0 heterocycles. The van der Waals surface area contributed by atoms with Crippen LogP contribution >= 0.6 is 0 Å². The molecule has 0 aliphatic heterocycles. The maximum absolute atomic E-state index is 4.66. The van der Waals surface area contributed by atoms with Crippen molar-refractivity contribution in [2.75, 3.05) is 26.2 Å². The van der Waals surface area contributed by atoms with E-state index in [0.29, 0.717) is 12.5 Å². The fraction of sp³-hybridized carbons (Fsp3) is 0.632. The van der Waals surface area contributed by atoms with Gasteiger partial charge in [-0.05, 0) is 37.1 Å². The summed E-state index contributed by atoms with van der Waals surface area (Å²) in [6.45, 7) is 16.6. The van der Waals surface area contributed by atoms with Crippen LogP contribution in [-0.4, -0.2) is 37.0 Å². The molecule has 0 saturated heterocycles. The van der Waals surface area contributed by atoms with Gasteiger partial charge in [0.1, 0.15) is 0 Å². The van der Waals surface area contributed by atoms with Gasteiger partial charge in [0.15, 0.2) is 5.96 Å². The van der Waals surface area contributed by atoms with Crippen LogP contribution in [-0.2, 0) is 13.1 Å². The first-order valence-corrected chi connectivity index (χ1v) is 8.91. The normalized spacial score (nSPS) is 12.0. The van der Waals surface area contributed by atoms with Crippen molar-refractivity contribution in [2.45, 2.75) is 47.7 Å². The predicted molar refractivity (Wildman–Crippen MR) is 101 cm³/mol. The summed E-state index contributed by atoms with van der Waals surface area (Å²) in [7, 11) is 0. The number of rotatable bonds is 9. The average Bonchev–Trinajstić information content (AvgIpc) is 2.56. The van der Waals surface area contributed by atoms with Crippen molar-refractivity contribution >= 4 is 5.96 Å². The Bertz CT molecular complexity index is 447.